The molecule has 0 saturated heterocycles. The van der Waals surface area contributed by atoms with Gasteiger partial charge >= 0.3 is 5.97 Å². The summed E-state index contributed by atoms with van der Waals surface area (Å²) in [6, 6.07) is 5.87. The summed E-state index contributed by atoms with van der Waals surface area (Å²) in [4.78, 5) is 11.0. The zero-order valence-electron chi connectivity index (χ0n) is 12.3. The molecule has 0 aliphatic heterocycles. The minimum Gasteiger partial charge on any atom is -0.493 e. The van der Waals surface area contributed by atoms with Crippen LogP contribution in [0.2, 0.25) is 0 Å². The summed E-state index contributed by atoms with van der Waals surface area (Å²) in [7, 11) is 2.98. The van der Waals surface area contributed by atoms with Crippen LogP contribution in [0.25, 0.3) is 0 Å². The number of hydrogen-bond donors (Lipinski definition) is 1. The molecular weight excluding hydrogens is 258 g/mol. The normalized spacial score (nSPS) is 11.8. The van der Waals surface area contributed by atoms with Crippen molar-refractivity contribution in [2.75, 3.05) is 20.8 Å². The number of methoxy groups -OCH3 is 2. The minimum absolute atomic E-state index is 0.0931. The molecule has 0 heterocycles. The van der Waals surface area contributed by atoms with Crippen LogP contribution in [0.4, 0.5) is 0 Å². The van der Waals surface area contributed by atoms with Gasteiger partial charge in [0.05, 0.1) is 20.8 Å². The highest BCUT2D eigenvalue weighted by atomic mass is 16.5. The van der Waals surface area contributed by atoms with E-state index in [-0.39, 0.29) is 12.0 Å². The summed E-state index contributed by atoms with van der Waals surface area (Å²) in [6.45, 7) is 2.40. The quantitative estimate of drug-likeness (QED) is 0.582. The highest BCUT2D eigenvalue weighted by Crippen LogP contribution is 2.28. The topological polar surface area (TPSA) is 70.8 Å². The van der Waals surface area contributed by atoms with Gasteiger partial charge in [0.1, 0.15) is 0 Å². The van der Waals surface area contributed by atoms with Crippen LogP contribution in [0.15, 0.2) is 18.2 Å². The van der Waals surface area contributed by atoms with Crippen molar-refractivity contribution >= 4 is 5.97 Å². The maximum atomic E-state index is 11.0. The van der Waals surface area contributed by atoms with Gasteiger partial charge in [0.15, 0.2) is 11.5 Å². The van der Waals surface area contributed by atoms with E-state index in [0.717, 1.165) is 12.0 Å². The Hall–Kier alpha value is -1.75. The van der Waals surface area contributed by atoms with Gasteiger partial charge in [-0.05, 0) is 37.5 Å². The first-order chi connectivity index (χ1) is 9.56. The lowest BCUT2D eigenvalue weighted by molar-refractivity contribution is -0.140. The van der Waals surface area contributed by atoms with Crippen molar-refractivity contribution in [2.45, 2.75) is 32.2 Å². The molecule has 0 aromatic heterocycles. The minimum atomic E-state index is -0.230. The third-order valence-electron chi connectivity index (χ3n) is 2.80. The van der Waals surface area contributed by atoms with E-state index < -0.39 is 0 Å². The van der Waals surface area contributed by atoms with Gasteiger partial charge in [0.2, 0.25) is 0 Å². The molecule has 0 radical (unpaired) electrons. The smallest absolute Gasteiger partial charge is 0.305 e. The van der Waals surface area contributed by atoms with Crippen LogP contribution in [0.5, 0.6) is 11.5 Å². The van der Waals surface area contributed by atoms with E-state index in [2.05, 4.69) is 4.74 Å². The molecule has 112 valence electrons. The Bertz CT molecular complexity index is 432. The standard InChI is InChI=1S/C15H23NO4/c1-11(16)9-12-6-7-13(18-2)14(10-12)20-8-4-5-15(17)19-3/h6-7,10-11H,4-5,8-9,16H2,1-3H3. The monoisotopic (exact) mass is 281 g/mol. The van der Waals surface area contributed by atoms with Gasteiger partial charge in [-0.3, -0.25) is 4.79 Å². The Labute approximate surface area is 120 Å². The SMILES string of the molecule is COC(=O)CCCOc1cc(CC(C)N)ccc1OC. The molecule has 1 aromatic rings. The summed E-state index contributed by atoms with van der Waals surface area (Å²) < 4.78 is 15.5. The van der Waals surface area contributed by atoms with Crippen molar-refractivity contribution in [3.63, 3.8) is 0 Å². The summed E-state index contributed by atoms with van der Waals surface area (Å²) in [5, 5.41) is 0. The lowest BCUT2D eigenvalue weighted by atomic mass is 10.1. The molecule has 0 amide bonds. The van der Waals surface area contributed by atoms with Crippen molar-refractivity contribution in [1.82, 2.24) is 0 Å². The third-order valence-corrected chi connectivity index (χ3v) is 2.80. The summed E-state index contributed by atoms with van der Waals surface area (Å²) in [6.07, 6.45) is 1.73. The number of carbonyl (C=O) groups excluding carboxylic acids is 1. The number of ether oxygens (including phenoxy) is 3. The molecule has 0 aliphatic rings. The van der Waals surface area contributed by atoms with Gasteiger partial charge in [0.25, 0.3) is 0 Å². The van der Waals surface area contributed by atoms with Crippen LogP contribution >= 0.6 is 0 Å². The second-order valence-corrected chi connectivity index (χ2v) is 4.69. The van der Waals surface area contributed by atoms with E-state index in [0.29, 0.717) is 30.9 Å². The molecule has 0 fully saturated rings. The second-order valence-electron chi connectivity index (χ2n) is 4.69. The molecule has 5 nitrogen and oxygen atoms in total. The molecule has 0 spiro atoms. The summed E-state index contributed by atoms with van der Waals surface area (Å²) in [5.41, 5.74) is 6.89. The van der Waals surface area contributed by atoms with Gasteiger partial charge in [0, 0.05) is 12.5 Å². The van der Waals surface area contributed by atoms with E-state index in [9.17, 15) is 4.79 Å². The van der Waals surface area contributed by atoms with Crippen LogP contribution in [0, 0.1) is 0 Å². The van der Waals surface area contributed by atoms with Gasteiger partial charge in [-0.25, -0.2) is 0 Å². The molecular formula is C15H23NO4. The molecule has 5 heteroatoms. The molecule has 0 saturated carbocycles. The zero-order valence-corrected chi connectivity index (χ0v) is 12.3. The average molecular weight is 281 g/mol. The van der Waals surface area contributed by atoms with E-state index in [1.807, 2.05) is 25.1 Å². The third kappa shape index (κ3) is 5.48. The van der Waals surface area contributed by atoms with Crippen molar-refractivity contribution < 1.29 is 19.0 Å². The highest BCUT2D eigenvalue weighted by molar-refractivity contribution is 5.69. The number of nitrogens with two attached hydrogens (primary N) is 1. The van der Waals surface area contributed by atoms with Crippen molar-refractivity contribution in [1.29, 1.82) is 0 Å². The largest absolute Gasteiger partial charge is 0.493 e. The van der Waals surface area contributed by atoms with E-state index in [1.165, 1.54) is 7.11 Å². The van der Waals surface area contributed by atoms with Crippen molar-refractivity contribution in [3.05, 3.63) is 23.8 Å². The molecule has 0 aliphatic carbocycles. The fraction of sp³-hybridized carbons (Fsp3) is 0.533. The van der Waals surface area contributed by atoms with Gasteiger partial charge < -0.3 is 19.9 Å². The Kier molecular flexibility index (Phi) is 6.87. The molecule has 2 N–H and O–H groups in total. The first-order valence-corrected chi connectivity index (χ1v) is 6.69. The lowest BCUT2D eigenvalue weighted by Crippen LogP contribution is -2.17. The Morgan fingerprint density at radius 2 is 2.05 bits per heavy atom. The van der Waals surface area contributed by atoms with E-state index in [4.69, 9.17) is 15.2 Å². The van der Waals surface area contributed by atoms with Crippen LogP contribution in [-0.4, -0.2) is 32.8 Å². The molecule has 1 rings (SSSR count). The van der Waals surface area contributed by atoms with Crippen LogP contribution in [-0.2, 0) is 16.0 Å². The maximum absolute atomic E-state index is 11.0. The summed E-state index contributed by atoms with van der Waals surface area (Å²) >= 11 is 0. The summed E-state index contributed by atoms with van der Waals surface area (Å²) in [5.74, 6) is 1.12. The van der Waals surface area contributed by atoms with Crippen LogP contribution < -0.4 is 15.2 Å². The molecule has 1 atom stereocenters. The zero-order chi connectivity index (χ0) is 15.0. The fourth-order valence-electron chi connectivity index (χ4n) is 1.83. The highest BCUT2D eigenvalue weighted by Gasteiger charge is 2.08. The lowest BCUT2D eigenvalue weighted by Gasteiger charge is -2.13. The maximum Gasteiger partial charge on any atom is 0.305 e. The number of rotatable bonds is 8. The molecule has 1 aromatic carbocycles. The van der Waals surface area contributed by atoms with Crippen LogP contribution in [0.3, 0.4) is 0 Å². The molecule has 0 bridgehead atoms. The van der Waals surface area contributed by atoms with E-state index in [1.54, 1.807) is 7.11 Å². The van der Waals surface area contributed by atoms with Crippen molar-refractivity contribution in [3.8, 4) is 11.5 Å². The number of esters is 1. The number of carbonyl (C=O) groups is 1. The van der Waals surface area contributed by atoms with Crippen LogP contribution in [0.1, 0.15) is 25.3 Å². The van der Waals surface area contributed by atoms with Crippen molar-refractivity contribution in [2.24, 2.45) is 5.73 Å². The van der Waals surface area contributed by atoms with Gasteiger partial charge in [-0.1, -0.05) is 6.07 Å². The first-order valence-electron chi connectivity index (χ1n) is 6.69. The fourth-order valence-corrected chi connectivity index (χ4v) is 1.83. The Balaban J connectivity index is 2.59. The predicted molar refractivity (Wildman–Crippen MR) is 77.1 cm³/mol. The van der Waals surface area contributed by atoms with Gasteiger partial charge in [-0.2, -0.15) is 0 Å². The van der Waals surface area contributed by atoms with E-state index >= 15 is 0 Å². The molecule has 1 unspecified atom stereocenters. The predicted octanol–water partition coefficient (Wildman–Crippen LogP) is 1.92. The Morgan fingerprint density at radius 1 is 1.30 bits per heavy atom. The number of benzene rings is 1. The second kappa shape index (κ2) is 8.43. The average Bonchev–Trinajstić information content (AvgIpc) is 2.43. The van der Waals surface area contributed by atoms with Gasteiger partial charge in [-0.15, -0.1) is 0 Å². The molecule has 20 heavy (non-hydrogen) atoms. The Morgan fingerprint density at radius 3 is 2.65 bits per heavy atom. The number of hydrogen-bond acceptors (Lipinski definition) is 5. The first kappa shape index (κ1) is 16.3.